The van der Waals surface area contributed by atoms with E-state index in [2.05, 4.69) is 29.4 Å². The number of aliphatic imine (C=N–C) groups is 1. The minimum absolute atomic E-state index is 0.356. The average molecular weight is 325 g/mol. The van der Waals surface area contributed by atoms with Gasteiger partial charge in [0.1, 0.15) is 0 Å². The number of unbranched alkanes of at least 4 members (excludes halogenated alkanes) is 1. The smallest absolute Gasteiger partial charge is 0.191 e. The van der Waals surface area contributed by atoms with E-state index in [0.717, 1.165) is 32.2 Å². The van der Waals surface area contributed by atoms with Gasteiger partial charge < -0.3 is 15.4 Å². The topological polar surface area (TPSA) is 48.9 Å². The van der Waals surface area contributed by atoms with E-state index in [1.807, 2.05) is 0 Å². The third-order valence-corrected chi connectivity index (χ3v) is 4.87. The van der Waals surface area contributed by atoms with E-state index in [9.17, 15) is 0 Å². The van der Waals surface area contributed by atoms with Crippen LogP contribution in [0.4, 0.5) is 0 Å². The number of hydrogen-bond donors (Lipinski definition) is 2. The molecular weight excluding hydrogens is 288 g/mol. The van der Waals surface area contributed by atoms with E-state index in [1.54, 1.807) is 0 Å². The van der Waals surface area contributed by atoms with E-state index in [1.165, 1.54) is 58.0 Å². The van der Waals surface area contributed by atoms with Gasteiger partial charge in [-0.1, -0.05) is 19.8 Å². The number of hydrogen-bond acceptors (Lipinski definition) is 3. The van der Waals surface area contributed by atoms with E-state index in [4.69, 9.17) is 9.73 Å². The van der Waals surface area contributed by atoms with Gasteiger partial charge in [-0.05, 0) is 52.1 Å². The second-order valence-corrected chi connectivity index (χ2v) is 6.77. The van der Waals surface area contributed by atoms with Crippen LogP contribution in [0.15, 0.2) is 4.99 Å². The Morgan fingerprint density at radius 2 is 2.09 bits per heavy atom. The summed E-state index contributed by atoms with van der Waals surface area (Å²) < 4.78 is 5.68. The van der Waals surface area contributed by atoms with Gasteiger partial charge in [0.2, 0.25) is 0 Å². The van der Waals surface area contributed by atoms with Crippen molar-refractivity contribution in [3.05, 3.63) is 0 Å². The zero-order valence-corrected chi connectivity index (χ0v) is 15.1. The number of nitrogens with zero attached hydrogens (tertiary/aromatic N) is 2. The first-order chi connectivity index (χ1) is 11.3. The van der Waals surface area contributed by atoms with Gasteiger partial charge >= 0.3 is 0 Å². The highest BCUT2D eigenvalue weighted by molar-refractivity contribution is 5.79. The summed E-state index contributed by atoms with van der Waals surface area (Å²) in [6, 6.07) is 0.619. The largest absolute Gasteiger partial charge is 0.376 e. The second kappa shape index (κ2) is 10.9. The van der Waals surface area contributed by atoms with Crippen LogP contribution in [0.1, 0.15) is 58.8 Å². The molecule has 0 spiro atoms. The molecule has 2 aliphatic heterocycles. The molecule has 5 heteroatoms. The molecule has 2 heterocycles. The summed E-state index contributed by atoms with van der Waals surface area (Å²) in [5.41, 5.74) is 0. The molecule has 0 bridgehead atoms. The van der Waals surface area contributed by atoms with Gasteiger partial charge in [0.05, 0.1) is 12.6 Å². The van der Waals surface area contributed by atoms with E-state index < -0.39 is 0 Å². The molecule has 2 N–H and O–H groups in total. The highest BCUT2D eigenvalue weighted by Gasteiger charge is 2.21. The van der Waals surface area contributed by atoms with Crippen molar-refractivity contribution in [2.24, 2.45) is 4.99 Å². The first kappa shape index (κ1) is 18.5. The van der Waals surface area contributed by atoms with Gasteiger partial charge in [0.15, 0.2) is 5.96 Å². The summed E-state index contributed by atoms with van der Waals surface area (Å²) in [5, 5.41) is 6.82. The molecular formula is C18H36N4O. The molecule has 2 saturated heterocycles. The molecule has 134 valence electrons. The standard InChI is InChI=1S/C18H36N4O/c1-3-5-11-22-12-7-6-9-16(22)14-20-18(19-4-2)21-15-17-10-8-13-23-17/h16-17H,3-15H2,1-2H3,(H2,19,20,21). The number of piperidine rings is 1. The molecule has 2 unspecified atom stereocenters. The predicted octanol–water partition coefficient (Wildman–Crippen LogP) is 2.38. The molecule has 2 aliphatic rings. The van der Waals surface area contributed by atoms with Crippen LogP contribution in [0, 0.1) is 0 Å². The SMILES string of the molecule is CCCCN1CCCCC1CN=C(NCC)NCC1CCCO1. The van der Waals surface area contributed by atoms with Crippen molar-refractivity contribution in [3.63, 3.8) is 0 Å². The Labute approximate surface area is 142 Å². The number of nitrogens with one attached hydrogen (secondary N) is 2. The van der Waals surface area contributed by atoms with E-state index in [-0.39, 0.29) is 0 Å². The van der Waals surface area contributed by atoms with Crippen molar-refractivity contribution in [1.82, 2.24) is 15.5 Å². The fourth-order valence-corrected chi connectivity index (χ4v) is 3.48. The Bertz CT molecular complexity index is 342. The summed E-state index contributed by atoms with van der Waals surface area (Å²) in [6.07, 6.45) is 9.28. The first-order valence-corrected chi connectivity index (χ1v) is 9.71. The Morgan fingerprint density at radius 3 is 2.83 bits per heavy atom. The van der Waals surface area contributed by atoms with E-state index >= 15 is 0 Å². The molecule has 0 aromatic carbocycles. The molecule has 2 atom stereocenters. The quantitative estimate of drug-likeness (QED) is 0.532. The number of guanidine groups is 1. The van der Waals surface area contributed by atoms with Crippen molar-refractivity contribution in [2.45, 2.75) is 70.9 Å². The summed E-state index contributed by atoms with van der Waals surface area (Å²) in [7, 11) is 0. The third-order valence-electron chi connectivity index (χ3n) is 4.87. The number of ether oxygens (including phenoxy) is 1. The molecule has 0 aliphatic carbocycles. The second-order valence-electron chi connectivity index (χ2n) is 6.77. The van der Waals surface area contributed by atoms with Crippen molar-refractivity contribution < 1.29 is 4.74 Å². The fourth-order valence-electron chi connectivity index (χ4n) is 3.48. The average Bonchev–Trinajstić information content (AvgIpc) is 3.09. The highest BCUT2D eigenvalue weighted by Crippen LogP contribution is 2.18. The van der Waals surface area contributed by atoms with Crippen LogP contribution in [0.5, 0.6) is 0 Å². The molecule has 0 amide bonds. The molecule has 0 radical (unpaired) electrons. The number of likely N-dealkylation sites (tertiary alicyclic amines) is 1. The third kappa shape index (κ3) is 6.68. The van der Waals surface area contributed by atoms with Crippen molar-refractivity contribution in [2.75, 3.05) is 39.3 Å². The van der Waals surface area contributed by atoms with Gasteiger partial charge in [-0.2, -0.15) is 0 Å². The maximum Gasteiger partial charge on any atom is 0.191 e. The van der Waals surface area contributed by atoms with Crippen molar-refractivity contribution in [3.8, 4) is 0 Å². The summed E-state index contributed by atoms with van der Waals surface area (Å²) in [4.78, 5) is 7.51. The van der Waals surface area contributed by atoms with Gasteiger partial charge in [-0.3, -0.25) is 9.89 Å². The van der Waals surface area contributed by atoms with Gasteiger partial charge in [0.25, 0.3) is 0 Å². The lowest BCUT2D eigenvalue weighted by molar-refractivity contribution is 0.113. The lowest BCUT2D eigenvalue weighted by atomic mass is 10.0. The van der Waals surface area contributed by atoms with Crippen LogP contribution in [-0.2, 0) is 4.74 Å². The van der Waals surface area contributed by atoms with Crippen molar-refractivity contribution >= 4 is 5.96 Å². The van der Waals surface area contributed by atoms with Gasteiger partial charge in [0, 0.05) is 25.7 Å². The Balaban J connectivity index is 1.81. The molecule has 2 rings (SSSR count). The van der Waals surface area contributed by atoms with E-state index in [0.29, 0.717) is 12.1 Å². The lowest BCUT2D eigenvalue weighted by Crippen LogP contribution is -2.44. The molecule has 0 aromatic heterocycles. The molecule has 5 nitrogen and oxygen atoms in total. The van der Waals surface area contributed by atoms with Crippen LogP contribution in [0.2, 0.25) is 0 Å². The maximum atomic E-state index is 5.68. The molecule has 23 heavy (non-hydrogen) atoms. The minimum Gasteiger partial charge on any atom is -0.376 e. The van der Waals surface area contributed by atoms with Crippen molar-refractivity contribution in [1.29, 1.82) is 0 Å². The van der Waals surface area contributed by atoms with Crippen LogP contribution >= 0.6 is 0 Å². The molecule has 2 fully saturated rings. The van der Waals surface area contributed by atoms with Crippen LogP contribution in [0.3, 0.4) is 0 Å². The zero-order chi connectivity index (χ0) is 16.3. The summed E-state index contributed by atoms with van der Waals surface area (Å²) in [5.74, 6) is 0.948. The monoisotopic (exact) mass is 324 g/mol. The normalized spacial score (nSPS) is 26.4. The predicted molar refractivity (Wildman–Crippen MR) is 97.1 cm³/mol. The van der Waals surface area contributed by atoms with Gasteiger partial charge in [-0.15, -0.1) is 0 Å². The maximum absolute atomic E-state index is 5.68. The molecule has 0 saturated carbocycles. The van der Waals surface area contributed by atoms with Crippen LogP contribution in [0.25, 0.3) is 0 Å². The Hall–Kier alpha value is -0.810. The number of rotatable bonds is 8. The zero-order valence-electron chi connectivity index (χ0n) is 15.1. The first-order valence-electron chi connectivity index (χ1n) is 9.71. The van der Waals surface area contributed by atoms with Gasteiger partial charge in [-0.25, -0.2) is 0 Å². The van der Waals surface area contributed by atoms with Crippen LogP contribution in [-0.4, -0.2) is 62.3 Å². The highest BCUT2D eigenvalue weighted by atomic mass is 16.5. The Morgan fingerprint density at radius 1 is 1.17 bits per heavy atom. The van der Waals surface area contributed by atoms with Crippen LogP contribution < -0.4 is 10.6 Å². The summed E-state index contributed by atoms with van der Waals surface area (Å²) >= 11 is 0. The fraction of sp³-hybridized carbons (Fsp3) is 0.944. The summed E-state index contributed by atoms with van der Waals surface area (Å²) in [6.45, 7) is 10.5. The minimum atomic E-state index is 0.356. The molecule has 0 aromatic rings. The Kier molecular flexibility index (Phi) is 8.76. The lowest BCUT2D eigenvalue weighted by Gasteiger charge is -2.35.